The summed E-state index contributed by atoms with van der Waals surface area (Å²) < 4.78 is 25.5. The van der Waals surface area contributed by atoms with Crippen molar-refractivity contribution in [1.29, 1.82) is 0 Å². The molecule has 1 aliphatic heterocycles. The molecule has 2 aromatic carbocycles. The highest BCUT2D eigenvalue weighted by Crippen LogP contribution is 2.23. The molecule has 0 bridgehead atoms. The van der Waals surface area contributed by atoms with E-state index in [1.54, 1.807) is 12.1 Å². The van der Waals surface area contributed by atoms with E-state index in [1.807, 2.05) is 24.3 Å². The molecule has 1 aliphatic rings. The molecule has 1 N–H and O–H groups in total. The standard InChI is InChI=1S/C24H27N5O3S/c1-28(2)33(31,32)21-12-8-19(9-13-21)24(30)25-20-10-6-18(7-11-20)22-14-15-23(27-26-22)29-16-4-3-5-17-29/h6-15H,3-5,16-17H2,1-2H3,(H,25,30). The SMILES string of the molecule is CN(C)S(=O)(=O)c1ccc(C(=O)Nc2ccc(-c3ccc(N4CCCCC4)nn3)cc2)cc1. The van der Waals surface area contributed by atoms with Crippen LogP contribution in [0.2, 0.25) is 0 Å². The maximum Gasteiger partial charge on any atom is 0.255 e. The van der Waals surface area contributed by atoms with Crippen molar-refractivity contribution in [2.45, 2.75) is 24.2 Å². The molecule has 0 atom stereocenters. The van der Waals surface area contributed by atoms with Crippen molar-refractivity contribution in [2.75, 3.05) is 37.4 Å². The fourth-order valence-electron chi connectivity index (χ4n) is 3.69. The summed E-state index contributed by atoms with van der Waals surface area (Å²) in [4.78, 5) is 15.0. The molecular weight excluding hydrogens is 438 g/mol. The van der Waals surface area contributed by atoms with Gasteiger partial charge >= 0.3 is 0 Å². The van der Waals surface area contributed by atoms with Gasteiger partial charge in [0.05, 0.1) is 10.6 Å². The van der Waals surface area contributed by atoms with E-state index in [-0.39, 0.29) is 10.8 Å². The third-order valence-electron chi connectivity index (χ3n) is 5.66. The summed E-state index contributed by atoms with van der Waals surface area (Å²) in [6.07, 6.45) is 3.65. The Kier molecular flexibility index (Phi) is 6.71. The first-order valence-corrected chi connectivity index (χ1v) is 12.3. The van der Waals surface area contributed by atoms with Crippen molar-refractivity contribution in [3.8, 4) is 11.3 Å². The maximum absolute atomic E-state index is 12.6. The van der Waals surface area contributed by atoms with Gasteiger partial charge in [-0.3, -0.25) is 4.79 Å². The van der Waals surface area contributed by atoms with Crippen LogP contribution in [0.5, 0.6) is 0 Å². The molecule has 4 rings (SSSR count). The topological polar surface area (TPSA) is 95.5 Å². The number of hydrogen-bond donors (Lipinski definition) is 1. The Labute approximate surface area is 194 Å². The smallest absolute Gasteiger partial charge is 0.255 e. The van der Waals surface area contributed by atoms with Crippen LogP contribution in [-0.2, 0) is 10.0 Å². The number of aromatic nitrogens is 2. The number of rotatable bonds is 6. The number of nitrogens with zero attached hydrogens (tertiary/aromatic N) is 4. The summed E-state index contributed by atoms with van der Waals surface area (Å²) in [5.74, 6) is 0.592. The monoisotopic (exact) mass is 465 g/mol. The van der Waals surface area contributed by atoms with E-state index >= 15 is 0 Å². The Balaban J connectivity index is 1.40. The molecule has 0 spiro atoms. The highest BCUT2D eigenvalue weighted by molar-refractivity contribution is 7.89. The highest BCUT2D eigenvalue weighted by Gasteiger charge is 2.18. The van der Waals surface area contributed by atoms with E-state index in [0.717, 1.165) is 34.5 Å². The molecule has 0 unspecified atom stereocenters. The zero-order chi connectivity index (χ0) is 23.4. The van der Waals surface area contributed by atoms with Gasteiger partial charge in [-0.1, -0.05) is 12.1 Å². The number of benzene rings is 2. The number of carbonyl (C=O) groups excluding carboxylic acids is 1. The Bertz CT molecular complexity index is 1200. The molecular formula is C24H27N5O3S. The van der Waals surface area contributed by atoms with Gasteiger partial charge in [-0.05, 0) is 67.8 Å². The first kappa shape index (κ1) is 22.9. The summed E-state index contributed by atoms with van der Waals surface area (Å²) in [7, 11) is -0.598. The predicted octanol–water partition coefficient (Wildman–Crippen LogP) is 3.64. The second-order valence-electron chi connectivity index (χ2n) is 8.17. The Hall–Kier alpha value is -3.30. The Morgan fingerprint density at radius 2 is 1.55 bits per heavy atom. The first-order valence-electron chi connectivity index (χ1n) is 10.9. The molecule has 2 heterocycles. The van der Waals surface area contributed by atoms with E-state index < -0.39 is 10.0 Å². The van der Waals surface area contributed by atoms with Crippen LogP contribution < -0.4 is 10.2 Å². The summed E-state index contributed by atoms with van der Waals surface area (Å²) >= 11 is 0. The highest BCUT2D eigenvalue weighted by atomic mass is 32.2. The van der Waals surface area contributed by atoms with Crippen molar-refractivity contribution >= 4 is 27.4 Å². The normalized spacial score (nSPS) is 14.3. The molecule has 1 amide bonds. The molecule has 3 aromatic rings. The lowest BCUT2D eigenvalue weighted by atomic mass is 10.1. The molecule has 8 nitrogen and oxygen atoms in total. The van der Waals surface area contributed by atoms with Crippen molar-refractivity contribution in [2.24, 2.45) is 0 Å². The van der Waals surface area contributed by atoms with E-state index in [9.17, 15) is 13.2 Å². The van der Waals surface area contributed by atoms with Gasteiger partial charge in [0, 0.05) is 44.0 Å². The average Bonchev–Trinajstić information content (AvgIpc) is 2.85. The Morgan fingerprint density at radius 1 is 0.879 bits per heavy atom. The maximum atomic E-state index is 12.6. The first-order chi connectivity index (χ1) is 15.8. The largest absolute Gasteiger partial charge is 0.355 e. The van der Waals surface area contributed by atoms with E-state index in [1.165, 1.54) is 57.6 Å². The van der Waals surface area contributed by atoms with Crippen LogP contribution in [0.4, 0.5) is 11.5 Å². The van der Waals surface area contributed by atoms with Gasteiger partial charge in [-0.25, -0.2) is 12.7 Å². The fraction of sp³-hybridized carbons (Fsp3) is 0.292. The summed E-state index contributed by atoms with van der Waals surface area (Å²) in [5.41, 5.74) is 2.68. The molecule has 1 saturated heterocycles. The van der Waals surface area contributed by atoms with Gasteiger partial charge in [0.15, 0.2) is 5.82 Å². The fourth-order valence-corrected chi connectivity index (χ4v) is 4.59. The molecule has 1 fully saturated rings. The lowest BCUT2D eigenvalue weighted by Crippen LogP contribution is -2.30. The second kappa shape index (κ2) is 9.68. The number of amides is 1. The lowest BCUT2D eigenvalue weighted by Gasteiger charge is -2.27. The summed E-state index contributed by atoms with van der Waals surface area (Å²) in [6.45, 7) is 2.05. The number of sulfonamides is 1. The number of piperidine rings is 1. The molecule has 172 valence electrons. The average molecular weight is 466 g/mol. The second-order valence-corrected chi connectivity index (χ2v) is 10.3. The van der Waals surface area contributed by atoms with Crippen LogP contribution in [0.3, 0.4) is 0 Å². The minimum atomic E-state index is -3.53. The van der Waals surface area contributed by atoms with Gasteiger partial charge in [0.1, 0.15) is 0 Å². The molecule has 33 heavy (non-hydrogen) atoms. The van der Waals surface area contributed by atoms with Crippen molar-refractivity contribution in [3.63, 3.8) is 0 Å². The quantitative estimate of drug-likeness (QED) is 0.597. The van der Waals surface area contributed by atoms with Gasteiger partial charge in [0.2, 0.25) is 10.0 Å². The van der Waals surface area contributed by atoms with Crippen LogP contribution >= 0.6 is 0 Å². The molecule has 0 radical (unpaired) electrons. The van der Waals surface area contributed by atoms with Gasteiger partial charge in [0.25, 0.3) is 5.91 Å². The van der Waals surface area contributed by atoms with Crippen LogP contribution in [0.25, 0.3) is 11.3 Å². The van der Waals surface area contributed by atoms with Gasteiger partial charge in [-0.2, -0.15) is 0 Å². The zero-order valence-electron chi connectivity index (χ0n) is 18.7. The number of anilines is 2. The van der Waals surface area contributed by atoms with Crippen LogP contribution in [0, 0.1) is 0 Å². The van der Waals surface area contributed by atoms with Crippen molar-refractivity contribution in [1.82, 2.24) is 14.5 Å². The lowest BCUT2D eigenvalue weighted by molar-refractivity contribution is 0.102. The minimum Gasteiger partial charge on any atom is -0.355 e. The zero-order valence-corrected chi connectivity index (χ0v) is 19.5. The minimum absolute atomic E-state index is 0.140. The van der Waals surface area contributed by atoms with E-state index in [4.69, 9.17) is 0 Å². The number of hydrogen-bond acceptors (Lipinski definition) is 6. The third-order valence-corrected chi connectivity index (χ3v) is 7.49. The number of carbonyl (C=O) groups is 1. The van der Waals surface area contributed by atoms with Crippen molar-refractivity contribution < 1.29 is 13.2 Å². The van der Waals surface area contributed by atoms with Crippen LogP contribution in [0.1, 0.15) is 29.6 Å². The third kappa shape index (κ3) is 5.20. The molecule has 1 aromatic heterocycles. The Morgan fingerprint density at radius 3 is 2.12 bits per heavy atom. The van der Waals surface area contributed by atoms with Crippen molar-refractivity contribution in [3.05, 3.63) is 66.2 Å². The van der Waals surface area contributed by atoms with E-state index in [2.05, 4.69) is 20.4 Å². The molecule has 9 heteroatoms. The summed E-state index contributed by atoms with van der Waals surface area (Å²) in [5, 5.41) is 11.6. The number of nitrogens with one attached hydrogen (secondary N) is 1. The molecule has 0 saturated carbocycles. The molecule has 0 aliphatic carbocycles. The van der Waals surface area contributed by atoms with Crippen LogP contribution in [-0.4, -0.2) is 56.0 Å². The van der Waals surface area contributed by atoms with E-state index in [0.29, 0.717) is 11.3 Å². The van der Waals surface area contributed by atoms with Gasteiger partial charge < -0.3 is 10.2 Å². The van der Waals surface area contributed by atoms with Crippen LogP contribution in [0.15, 0.2) is 65.6 Å². The summed E-state index contributed by atoms with van der Waals surface area (Å²) in [6, 6.07) is 17.2. The van der Waals surface area contributed by atoms with Gasteiger partial charge in [-0.15, -0.1) is 10.2 Å². The predicted molar refractivity (Wildman–Crippen MR) is 129 cm³/mol.